The minimum Gasteiger partial charge on any atom is -0.362 e. The van der Waals surface area contributed by atoms with Gasteiger partial charge < -0.3 is 4.74 Å². The number of hydrogen-bond acceptors (Lipinski definition) is 2. The van der Waals surface area contributed by atoms with Gasteiger partial charge in [-0.1, -0.05) is 59.1 Å². The molecule has 0 N–H and O–H groups in total. The Morgan fingerprint density at radius 3 is 2.72 bits per heavy atom. The lowest BCUT2D eigenvalue weighted by atomic mass is 9.89. The van der Waals surface area contributed by atoms with Gasteiger partial charge in [-0.2, -0.15) is 0 Å². The zero-order valence-corrected chi connectivity index (χ0v) is 12.9. The SMILES string of the molecule is BrC1COC2(CCCCCC2c2ccccc2)S1. The molecular formula is C15H19BrOS. The van der Waals surface area contributed by atoms with Gasteiger partial charge in [0, 0.05) is 5.92 Å². The Morgan fingerprint density at radius 1 is 1.17 bits per heavy atom. The van der Waals surface area contributed by atoms with Crippen LogP contribution in [0.2, 0.25) is 0 Å². The molecule has 1 aliphatic heterocycles. The van der Waals surface area contributed by atoms with E-state index in [4.69, 9.17) is 4.74 Å². The van der Waals surface area contributed by atoms with Crippen LogP contribution in [0.3, 0.4) is 0 Å². The first-order valence-corrected chi connectivity index (χ1v) is 8.60. The summed E-state index contributed by atoms with van der Waals surface area (Å²) in [7, 11) is 0. The molecule has 18 heavy (non-hydrogen) atoms. The Kier molecular flexibility index (Phi) is 4.02. The van der Waals surface area contributed by atoms with Gasteiger partial charge in [-0.3, -0.25) is 0 Å². The van der Waals surface area contributed by atoms with E-state index in [9.17, 15) is 0 Å². The van der Waals surface area contributed by atoms with Crippen LogP contribution in [0, 0.1) is 0 Å². The molecule has 98 valence electrons. The van der Waals surface area contributed by atoms with E-state index in [2.05, 4.69) is 46.3 Å². The number of benzene rings is 1. The van der Waals surface area contributed by atoms with Gasteiger partial charge in [0.15, 0.2) is 0 Å². The smallest absolute Gasteiger partial charge is 0.121 e. The van der Waals surface area contributed by atoms with Gasteiger partial charge in [-0.15, -0.1) is 11.8 Å². The molecule has 0 radical (unpaired) electrons. The Hall–Kier alpha value is 0.01000. The van der Waals surface area contributed by atoms with Crippen molar-refractivity contribution >= 4 is 27.7 Å². The maximum atomic E-state index is 6.26. The predicted molar refractivity (Wildman–Crippen MR) is 81.3 cm³/mol. The average molecular weight is 327 g/mol. The van der Waals surface area contributed by atoms with Gasteiger partial charge in [-0.25, -0.2) is 0 Å². The van der Waals surface area contributed by atoms with Crippen molar-refractivity contribution in [2.75, 3.05) is 6.61 Å². The van der Waals surface area contributed by atoms with E-state index in [0.717, 1.165) is 6.61 Å². The van der Waals surface area contributed by atoms with Crippen molar-refractivity contribution in [2.45, 2.75) is 47.1 Å². The molecule has 1 saturated heterocycles. The van der Waals surface area contributed by atoms with E-state index in [0.29, 0.717) is 10.1 Å². The van der Waals surface area contributed by atoms with Crippen molar-refractivity contribution in [2.24, 2.45) is 0 Å². The Labute approximate surface area is 122 Å². The number of rotatable bonds is 1. The lowest BCUT2D eigenvalue weighted by Crippen LogP contribution is -2.31. The van der Waals surface area contributed by atoms with Gasteiger partial charge in [0.05, 0.1) is 10.8 Å². The van der Waals surface area contributed by atoms with Crippen LogP contribution in [0.5, 0.6) is 0 Å². The fourth-order valence-corrected chi connectivity index (χ4v) is 5.67. The Balaban J connectivity index is 1.93. The second kappa shape index (κ2) is 5.56. The molecule has 3 atom stereocenters. The molecule has 1 aromatic rings. The summed E-state index contributed by atoms with van der Waals surface area (Å²) in [4.78, 5) is 0.0199. The first-order chi connectivity index (χ1) is 8.80. The molecule has 1 spiro atoms. The molecule has 1 aromatic carbocycles. The number of alkyl halides is 1. The summed E-state index contributed by atoms with van der Waals surface area (Å²) in [5.74, 6) is 0.550. The van der Waals surface area contributed by atoms with E-state index < -0.39 is 0 Å². The van der Waals surface area contributed by atoms with Crippen LogP contribution in [0.25, 0.3) is 0 Å². The fraction of sp³-hybridized carbons (Fsp3) is 0.600. The Bertz CT molecular complexity index is 397. The summed E-state index contributed by atoms with van der Waals surface area (Å²) < 4.78 is 6.72. The van der Waals surface area contributed by atoms with Crippen LogP contribution in [0.1, 0.15) is 43.6 Å². The van der Waals surface area contributed by atoms with E-state index >= 15 is 0 Å². The van der Waals surface area contributed by atoms with E-state index in [-0.39, 0.29) is 4.93 Å². The predicted octanol–water partition coefficient (Wildman–Crippen LogP) is 4.92. The molecular weight excluding hydrogens is 308 g/mol. The minimum absolute atomic E-state index is 0.0199. The molecule has 1 heterocycles. The molecule has 1 aliphatic carbocycles. The Morgan fingerprint density at radius 2 is 2.00 bits per heavy atom. The highest BCUT2D eigenvalue weighted by atomic mass is 79.9. The van der Waals surface area contributed by atoms with Crippen LogP contribution in [0.4, 0.5) is 0 Å². The summed E-state index contributed by atoms with van der Waals surface area (Å²) in [6.45, 7) is 0.841. The molecule has 0 amide bonds. The quantitative estimate of drug-likeness (QED) is 0.678. The molecule has 0 bridgehead atoms. The third-order valence-corrected chi connectivity index (χ3v) is 6.26. The second-order valence-electron chi connectivity index (χ2n) is 5.21. The largest absolute Gasteiger partial charge is 0.362 e. The van der Waals surface area contributed by atoms with Crippen molar-refractivity contribution in [1.29, 1.82) is 0 Å². The second-order valence-corrected chi connectivity index (χ2v) is 8.42. The monoisotopic (exact) mass is 326 g/mol. The van der Waals surface area contributed by atoms with Gasteiger partial charge in [0.25, 0.3) is 0 Å². The number of thioether (sulfide) groups is 1. The molecule has 1 nitrogen and oxygen atoms in total. The highest BCUT2D eigenvalue weighted by molar-refractivity contribution is 9.11. The molecule has 1 saturated carbocycles. The summed E-state index contributed by atoms with van der Waals surface area (Å²) in [6.07, 6.45) is 6.44. The van der Waals surface area contributed by atoms with Gasteiger partial charge >= 0.3 is 0 Å². The van der Waals surface area contributed by atoms with Crippen molar-refractivity contribution in [3.05, 3.63) is 35.9 Å². The average Bonchev–Trinajstić information content (AvgIpc) is 2.65. The molecule has 2 aliphatic rings. The van der Waals surface area contributed by atoms with Crippen LogP contribution in [-0.2, 0) is 4.74 Å². The van der Waals surface area contributed by atoms with Crippen LogP contribution in [0.15, 0.2) is 30.3 Å². The van der Waals surface area contributed by atoms with E-state index in [1.807, 2.05) is 11.8 Å². The normalized spacial score (nSPS) is 36.7. The van der Waals surface area contributed by atoms with Crippen LogP contribution < -0.4 is 0 Å². The topological polar surface area (TPSA) is 9.23 Å². The highest BCUT2D eigenvalue weighted by Gasteiger charge is 2.47. The number of halogens is 1. The van der Waals surface area contributed by atoms with Crippen LogP contribution >= 0.6 is 27.7 Å². The van der Waals surface area contributed by atoms with E-state index in [1.165, 1.54) is 37.7 Å². The first kappa shape index (κ1) is 13.0. The molecule has 3 rings (SSSR count). The maximum absolute atomic E-state index is 6.26. The summed E-state index contributed by atoms with van der Waals surface area (Å²) in [6, 6.07) is 10.9. The number of hydrogen-bond donors (Lipinski definition) is 0. The number of ether oxygens (including phenoxy) is 1. The van der Waals surface area contributed by atoms with E-state index in [1.54, 1.807) is 0 Å². The molecule has 0 aromatic heterocycles. The van der Waals surface area contributed by atoms with Crippen molar-refractivity contribution in [3.63, 3.8) is 0 Å². The molecule has 3 heteroatoms. The van der Waals surface area contributed by atoms with Gasteiger partial charge in [0.2, 0.25) is 0 Å². The molecule has 3 unspecified atom stereocenters. The van der Waals surface area contributed by atoms with Crippen molar-refractivity contribution < 1.29 is 4.74 Å². The standard InChI is InChI=1S/C15H19BrOS/c16-14-11-17-15(18-14)10-6-2-5-9-13(15)12-7-3-1-4-8-12/h1,3-4,7-8,13-14H,2,5-6,9-11H2. The van der Waals surface area contributed by atoms with Crippen LogP contribution in [-0.4, -0.2) is 15.7 Å². The third-order valence-electron chi connectivity index (χ3n) is 4.04. The third kappa shape index (κ3) is 2.50. The van der Waals surface area contributed by atoms with Gasteiger partial charge in [-0.05, 0) is 24.8 Å². The van der Waals surface area contributed by atoms with Crippen molar-refractivity contribution in [3.8, 4) is 0 Å². The zero-order valence-electron chi connectivity index (χ0n) is 10.5. The molecule has 2 fully saturated rings. The maximum Gasteiger partial charge on any atom is 0.121 e. The summed E-state index contributed by atoms with van der Waals surface area (Å²) in [5, 5.41) is 0. The van der Waals surface area contributed by atoms with Gasteiger partial charge in [0.1, 0.15) is 4.93 Å². The highest BCUT2D eigenvalue weighted by Crippen LogP contribution is 2.54. The first-order valence-electron chi connectivity index (χ1n) is 6.81. The summed E-state index contributed by atoms with van der Waals surface area (Å²) in [5.41, 5.74) is 1.45. The lowest BCUT2D eigenvalue weighted by molar-refractivity contribution is 0.0238. The summed E-state index contributed by atoms with van der Waals surface area (Å²) >= 11 is 5.71. The van der Waals surface area contributed by atoms with Crippen molar-refractivity contribution in [1.82, 2.24) is 0 Å². The lowest BCUT2D eigenvalue weighted by Gasteiger charge is -2.35. The zero-order chi connectivity index (χ0) is 12.4. The minimum atomic E-state index is 0.0199. The fourth-order valence-electron chi connectivity index (χ4n) is 3.20.